The predicted octanol–water partition coefficient (Wildman–Crippen LogP) is 4.02. The van der Waals surface area contributed by atoms with Crippen LogP contribution in [0.15, 0.2) is 36.4 Å². The third-order valence-electron chi connectivity index (χ3n) is 3.52. The number of nitrogens with zero attached hydrogens (tertiary/aromatic N) is 1. The number of pyridine rings is 1. The second-order valence-corrected chi connectivity index (χ2v) is 6.74. The number of nitrogens with one attached hydrogen (secondary N) is 1. The van der Waals surface area contributed by atoms with Crippen LogP contribution < -0.4 is 10.1 Å². The van der Waals surface area contributed by atoms with Crippen molar-refractivity contribution in [2.24, 2.45) is 5.92 Å². The van der Waals surface area contributed by atoms with E-state index in [1.165, 1.54) is 12.1 Å². The van der Waals surface area contributed by atoms with Gasteiger partial charge in [0, 0.05) is 5.69 Å². The summed E-state index contributed by atoms with van der Waals surface area (Å²) in [6.07, 6.45) is 0.728. The maximum absolute atomic E-state index is 12.5. The summed E-state index contributed by atoms with van der Waals surface area (Å²) in [5.74, 6) is -0.298. The lowest BCUT2D eigenvalue weighted by atomic mass is 10.1. The van der Waals surface area contributed by atoms with E-state index in [9.17, 15) is 9.59 Å². The highest BCUT2D eigenvalue weighted by atomic mass is 16.5. The van der Waals surface area contributed by atoms with Gasteiger partial charge in [0.2, 0.25) is 0 Å². The van der Waals surface area contributed by atoms with Gasteiger partial charge in [-0.2, -0.15) is 0 Å². The molecule has 0 unspecified atom stereocenters. The molecule has 0 saturated carbocycles. The van der Waals surface area contributed by atoms with Crippen LogP contribution >= 0.6 is 0 Å². The summed E-state index contributed by atoms with van der Waals surface area (Å²) in [5.41, 5.74) is 1.71. The molecule has 0 aliphatic heterocycles. The van der Waals surface area contributed by atoms with Crippen molar-refractivity contribution in [3.63, 3.8) is 0 Å². The average molecular weight is 356 g/mol. The van der Waals surface area contributed by atoms with Gasteiger partial charge in [0.1, 0.15) is 11.4 Å². The largest absolute Gasteiger partial charge is 0.489 e. The van der Waals surface area contributed by atoms with Gasteiger partial charge in [-0.1, -0.05) is 13.8 Å². The molecule has 2 aromatic rings. The zero-order chi connectivity index (χ0) is 19.3. The van der Waals surface area contributed by atoms with Crippen LogP contribution in [0.3, 0.4) is 0 Å². The minimum Gasteiger partial charge on any atom is -0.489 e. The van der Waals surface area contributed by atoms with Gasteiger partial charge in [0.25, 0.3) is 5.91 Å². The van der Waals surface area contributed by atoms with Gasteiger partial charge in [0.05, 0.1) is 17.4 Å². The summed E-state index contributed by atoms with van der Waals surface area (Å²) in [7, 11) is 0. The zero-order valence-electron chi connectivity index (χ0n) is 15.4. The highest BCUT2D eigenvalue weighted by Crippen LogP contribution is 2.22. The van der Waals surface area contributed by atoms with Crippen LogP contribution in [-0.2, 0) is 6.42 Å². The van der Waals surface area contributed by atoms with E-state index >= 15 is 0 Å². The molecule has 0 saturated heterocycles. The summed E-state index contributed by atoms with van der Waals surface area (Å²) in [5, 5.41) is 11.6. The Balaban J connectivity index is 2.20. The maximum Gasteiger partial charge on any atom is 0.335 e. The molecule has 2 rings (SSSR count). The molecular weight excluding hydrogens is 332 g/mol. The molecule has 1 aromatic carbocycles. The minimum atomic E-state index is -1.01. The van der Waals surface area contributed by atoms with Crippen LogP contribution in [0.1, 0.15) is 54.2 Å². The summed E-state index contributed by atoms with van der Waals surface area (Å²) in [6, 6.07) is 9.37. The zero-order valence-corrected chi connectivity index (χ0v) is 15.4. The first-order valence-electron chi connectivity index (χ1n) is 8.57. The lowest BCUT2D eigenvalue weighted by molar-refractivity contribution is 0.0696. The van der Waals surface area contributed by atoms with Crippen molar-refractivity contribution in [2.45, 2.75) is 40.2 Å². The third kappa shape index (κ3) is 5.31. The number of benzene rings is 1. The molecule has 0 aliphatic rings. The molecule has 0 spiro atoms. The number of hydrogen-bond donors (Lipinski definition) is 2. The van der Waals surface area contributed by atoms with E-state index in [1.54, 1.807) is 24.3 Å². The number of ether oxygens (including phenoxy) is 1. The Hall–Kier alpha value is -2.89. The molecule has 6 nitrogen and oxygen atoms in total. The molecule has 1 heterocycles. The average Bonchev–Trinajstić information content (AvgIpc) is 2.56. The summed E-state index contributed by atoms with van der Waals surface area (Å²) < 4.78 is 5.79. The van der Waals surface area contributed by atoms with Crippen LogP contribution in [0.2, 0.25) is 0 Å². The quantitative estimate of drug-likeness (QED) is 0.782. The fourth-order valence-electron chi connectivity index (χ4n) is 2.40. The van der Waals surface area contributed by atoms with Crippen molar-refractivity contribution >= 4 is 17.6 Å². The molecule has 2 N–H and O–H groups in total. The first-order valence-corrected chi connectivity index (χ1v) is 8.57. The van der Waals surface area contributed by atoms with Gasteiger partial charge in [-0.05, 0) is 62.6 Å². The molecular formula is C20H24N2O4. The van der Waals surface area contributed by atoms with E-state index in [2.05, 4.69) is 24.1 Å². The standard InChI is InChI=1S/C20H24N2O4/c1-12(2)11-17-18(26-13(3)4)10-9-16(22-17)19(23)21-15-7-5-14(6-8-15)20(24)25/h5-10,12-13H,11H2,1-4H3,(H,21,23)(H,24,25). The Bertz CT molecular complexity index is 783. The molecule has 0 bridgehead atoms. The highest BCUT2D eigenvalue weighted by Gasteiger charge is 2.15. The summed E-state index contributed by atoms with van der Waals surface area (Å²) in [6.45, 7) is 8.05. The van der Waals surface area contributed by atoms with E-state index in [0.717, 1.165) is 5.69 Å². The van der Waals surface area contributed by atoms with Crippen molar-refractivity contribution in [3.05, 3.63) is 53.3 Å². The molecule has 0 radical (unpaired) electrons. The Morgan fingerprint density at radius 2 is 1.73 bits per heavy atom. The monoisotopic (exact) mass is 356 g/mol. The van der Waals surface area contributed by atoms with E-state index in [0.29, 0.717) is 29.5 Å². The molecule has 138 valence electrons. The van der Waals surface area contributed by atoms with E-state index in [4.69, 9.17) is 9.84 Å². The molecule has 1 amide bonds. The number of carbonyl (C=O) groups is 2. The Labute approximate surface area is 153 Å². The number of amides is 1. The van der Waals surface area contributed by atoms with Crippen molar-refractivity contribution in [1.82, 2.24) is 4.98 Å². The maximum atomic E-state index is 12.5. The minimum absolute atomic E-state index is 0.0233. The number of anilines is 1. The van der Waals surface area contributed by atoms with Crippen LogP contribution in [-0.4, -0.2) is 28.1 Å². The molecule has 0 fully saturated rings. The van der Waals surface area contributed by atoms with Crippen molar-refractivity contribution in [2.75, 3.05) is 5.32 Å². The number of aromatic carboxylic acids is 1. The SMILES string of the molecule is CC(C)Cc1nc(C(=O)Nc2ccc(C(=O)O)cc2)ccc1OC(C)C. The van der Waals surface area contributed by atoms with Gasteiger partial charge >= 0.3 is 5.97 Å². The number of aromatic nitrogens is 1. The van der Waals surface area contributed by atoms with Gasteiger partial charge in [0.15, 0.2) is 0 Å². The lowest BCUT2D eigenvalue weighted by Crippen LogP contribution is -2.16. The number of rotatable bonds is 7. The van der Waals surface area contributed by atoms with E-state index in [-0.39, 0.29) is 17.6 Å². The van der Waals surface area contributed by atoms with E-state index < -0.39 is 5.97 Å². The second-order valence-electron chi connectivity index (χ2n) is 6.74. The summed E-state index contributed by atoms with van der Waals surface area (Å²) in [4.78, 5) is 27.8. The predicted molar refractivity (Wildman–Crippen MR) is 99.9 cm³/mol. The van der Waals surface area contributed by atoms with Crippen LogP contribution in [0.25, 0.3) is 0 Å². The van der Waals surface area contributed by atoms with Gasteiger partial charge < -0.3 is 15.2 Å². The number of hydrogen-bond acceptors (Lipinski definition) is 4. The summed E-state index contributed by atoms with van der Waals surface area (Å²) >= 11 is 0. The first kappa shape index (κ1) is 19.4. The third-order valence-corrected chi connectivity index (χ3v) is 3.52. The Kier molecular flexibility index (Phi) is 6.33. The highest BCUT2D eigenvalue weighted by molar-refractivity contribution is 6.03. The fraction of sp³-hybridized carbons (Fsp3) is 0.350. The number of carboxylic acid groups (broad SMARTS) is 1. The molecule has 6 heteroatoms. The number of carbonyl (C=O) groups excluding carboxylic acids is 1. The molecule has 0 aliphatic carbocycles. The number of carboxylic acids is 1. The Morgan fingerprint density at radius 1 is 1.08 bits per heavy atom. The van der Waals surface area contributed by atoms with Crippen molar-refractivity contribution in [1.29, 1.82) is 0 Å². The van der Waals surface area contributed by atoms with Crippen LogP contribution in [0, 0.1) is 5.92 Å². The molecule has 0 atom stereocenters. The lowest BCUT2D eigenvalue weighted by Gasteiger charge is -2.16. The van der Waals surface area contributed by atoms with Crippen LogP contribution in [0.5, 0.6) is 5.75 Å². The van der Waals surface area contributed by atoms with E-state index in [1.807, 2.05) is 13.8 Å². The molecule has 1 aromatic heterocycles. The Morgan fingerprint density at radius 3 is 2.27 bits per heavy atom. The van der Waals surface area contributed by atoms with Gasteiger partial charge in [-0.25, -0.2) is 9.78 Å². The molecule has 26 heavy (non-hydrogen) atoms. The van der Waals surface area contributed by atoms with Crippen molar-refractivity contribution < 1.29 is 19.4 Å². The van der Waals surface area contributed by atoms with Gasteiger partial charge in [-0.3, -0.25) is 4.79 Å². The van der Waals surface area contributed by atoms with Gasteiger partial charge in [-0.15, -0.1) is 0 Å². The fourth-order valence-corrected chi connectivity index (χ4v) is 2.40. The van der Waals surface area contributed by atoms with Crippen LogP contribution in [0.4, 0.5) is 5.69 Å². The first-order chi connectivity index (χ1) is 12.3. The topological polar surface area (TPSA) is 88.5 Å². The second kappa shape index (κ2) is 8.47. The smallest absolute Gasteiger partial charge is 0.335 e. The van der Waals surface area contributed by atoms with Crippen molar-refractivity contribution in [3.8, 4) is 5.75 Å². The normalized spacial score (nSPS) is 10.8.